The van der Waals surface area contributed by atoms with E-state index in [0.29, 0.717) is 0 Å². The van der Waals surface area contributed by atoms with Gasteiger partial charge in [0.25, 0.3) is 0 Å². The minimum Gasteiger partial charge on any atom is -0.378 e. The summed E-state index contributed by atoms with van der Waals surface area (Å²) in [6.07, 6.45) is 2.91. The van der Waals surface area contributed by atoms with Gasteiger partial charge in [0.1, 0.15) is 0 Å². The van der Waals surface area contributed by atoms with Gasteiger partial charge in [-0.05, 0) is 31.0 Å². The van der Waals surface area contributed by atoms with Gasteiger partial charge in [-0.2, -0.15) is 0 Å². The third-order valence-corrected chi connectivity index (χ3v) is 3.54. The van der Waals surface area contributed by atoms with Crippen molar-refractivity contribution < 1.29 is 4.79 Å². The summed E-state index contributed by atoms with van der Waals surface area (Å²) in [6, 6.07) is 7.85. The zero-order chi connectivity index (χ0) is 13.1. The van der Waals surface area contributed by atoms with Crippen LogP contribution >= 0.6 is 0 Å². The minimum absolute atomic E-state index is 0.0158. The first-order chi connectivity index (χ1) is 8.58. The first-order valence-corrected chi connectivity index (χ1v) is 6.42. The number of rotatable bonds is 3. The number of hydrogen-bond donors (Lipinski definition) is 2. The third kappa shape index (κ3) is 2.82. The highest BCUT2D eigenvalue weighted by Crippen LogP contribution is 2.26. The van der Waals surface area contributed by atoms with E-state index >= 15 is 0 Å². The van der Waals surface area contributed by atoms with Crippen LogP contribution in [0, 0.1) is 5.92 Å². The number of amides is 1. The Hall–Kier alpha value is -1.55. The highest BCUT2D eigenvalue weighted by atomic mass is 16.1. The largest absolute Gasteiger partial charge is 0.378 e. The molecule has 0 spiro atoms. The van der Waals surface area contributed by atoms with Gasteiger partial charge in [0.05, 0.1) is 5.92 Å². The first-order valence-electron chi connectivity index (χ1n) is 6.42. The van der Waals surface area contributed by atoms with Crippen LogP contribution < -0.4 is 16.0 Å². The lowest BCUT2D eigenvalue weighted by atomic mass is 10.0. The van der Waals surface area contributed by atoms with Crippen molar-refractivity contribution in [2.24, 2.45) is 11.7 Å². The number of nitrogens with zero attached hydrogens (tertiary/aromatic N) is 1. The Morgan fingerprint density at radius 2 is 2.17 bits per heavy atom. The van der Waals surface area contributed by atoms with Crippen LogP contribution in [0.25, 0.3) is 0 Å². The van der Waals surface area contributed by atoms with Gasteiger partial charge >= 0.3 is 0 Å². The molecular weight excluding hydrogens is 226 g/mol. The molecule has 0 aromatic heterocycles. The minimum atomic E-state index is -0.0342. The van der Waals surface area contributed by atoms with Crippen LogP contribution in [-0.4, -0.2) is 26.0 Å². The lowest BCUT2D eigenvalue weighted by Crippen LogP contribution is -2.34. The SMILES string of the molecule is CN(C)c1cccc(NC(=O)C2CCCC2N)c1. The lowest BCUT2D eigenvalue weighted by Gasteiger charge is -2.17. The summed E-state index contributed by atoms with van der Waals surface area (Å²) in [5, 5.41) is 2.96. The van der Waals surface area contributed by atoms with E-state index in [1.807, 2.05) is 43.3 Å². The topological polar surface area (TPSA) is 58.4 Å². The molecular formula is C14H21N3O. The van der Waals surface area contributed by atoms with Crippen molar-refractivity contribution in [2.75, 3.05) is 24.3 Å². The van der Waals surface area contributed by atoms with Crippen LogP contribution in [0.5, 0.6) is 0 Å². The monoisotopic (exact) mass is 247 g/mol. The van der Waals surface area contributed by atoms with Crippen molar-refractivity contribution in [1.29, 1.82) is 0 Å². The maximum Gasteiger partial charge on any atom is 0.229 e. The smallest absolute Gasteiger partial charge is 0.229 e. The molecule has 2 atom stereocenters. The van der Waals surface area contributed by atoms with Crippen molar-refractivity contribution in [3.8, 4) is 0 Å². The number of carbonyl (C=O) groups is 1. The molecule has 0 heterocycles. The summed E-state index contributed by atoms with van der Waals surface area (Å²) < 4.78 is 0. The summed E-state index contributed by atoms with van der Waals surface area (Å²) in [6.45, 7) is 0. The molecule has 0 aliphatic heterocycles. The molecule has 1 amide bonds. The molecule has 4 heteroatoms. The van der Waals surface area contributed by atoms with E-state index in [1.54, 1.807) is 0 Å². The standard InChI is InChI=1S/C14H21N3O/c1-17(2)11-6-3-5-10(9-11)16-14(18)12-7-4-8-13(12)15/h3,5-6,9,12-13H,4,7-8,15H2,1-2H3,(H,16,18). The second-order valence-electron chi connectivity index (χ2n) is 5.14. The van der Waals surface area contributed by atoms with Crippen LogP contribution in [0.3, 0.4) is 0 Å². The first kappa shape index (κ1) is 12.9. The Kier molecular flexibility index (Phi) is 3.87. The Balaban J connectivity index is 2.04. The number of nitrogens with two attached hydrogens (primary N) is 1. The summed E-state index contributed by atoms with van der Waals surface area (Å²) >= 11 is 0. The van der Waals surface area contributed by atoms with Gasteiger partial charge in [-0.3, -0.25) is 4.79 Å². The van der Waals surface area contributed by atoms with Crippen molar-refractivity contribution in [1.82, 2.24) is 0 Å². The van der Waals surface area contributed by atoms with E-state index in [0.717, 1.165) is 30.6 Å². The number of hydrogen-bond acceptors (Lipinski definition) is 3. The molecule has 2 rings (SSSR count). The van der Waals surface area contributed by atoms with Gasteiger partial charge in [0.2, 0.25) is 5.91 Å². The van der Waals surface area contributed by atoms with Gasteiger partial charge in [0.15, 0.2) is 0 Å². The molecule has 1 fully saturated rings. The second-order valence-corrected chi connectivity index (χ2v) is 5.14. The molecule has 4 nitrogen and oxygen atoms in total. The molecule has 98 valence electrons. The number of nitrogens with one attached hydrogen (secondary N) is 1. The van der Waals surface area contributed by atoms with E-state index in [1.165, 1.54) is 0 Å². The van der Waals surface area contributed by atoms with Crippen molar-refractivity contribution >= 4 is 17.3 Å². The Morgan fingerprint density at radius 1 is 1.39 bits per heavy atom. The fourth-order valence-electron chi connectivity index (χ4n) is 2.41. The molecule has 1 saturated carbocycles. The van der Waals surface area contributed by atoms with Gasteiger partial charge in [-0.1, -0.05) is 12.5 Å². The van der Waals surface area contributed by atoms with E-state index in [-0.39, 0.29) is 17.9 Å². The highest BCUT2D eigenvalue weighted by Gasteiger charge is 2.30. The summed E-state index contributed by atoms with van der Waals surface area (Å²) in [5.41, 5.74) is 7.85. The van der Waals surface area contributed by atoms with Gasteiger partial charge in [0, 0.05) is 31.5 Å². The maximum absolute atomic E-state index is 12.1. The Morgan fingerprint density at radius 3 is 2.78 bits per heavy atom. The predicted molar refractivity (Wildman–Crippen MR) is 74.7 cm³/mol. The molecule has 2 unspecified atom stereocenters. The van der Waals surface area contributed by atoms with Crippen LogP contribution in [0.4, 0.5) is 11.4 Å². The number of carbonyl (C=O) groups excluding carboxylic acids is 1. The van der Waals surface area contributed by atoms with Gasteiger partial charge in [-0.15, -0.1) is 0 Å². The Bertz CT molecular complexity index is 431. The average molecular weight is 247 g/mol. The number of benzene rings is 1. The molecule has 0 radical (unpaired) electrons. The molecule has 0 saturated heterocycles. The fraction of sp³-hybridized carbons (Fsp3) is 0.500. The Labute approximate surface area is 108 Å². The maximum atomic E-state index is 12.1. The molecule has 1 aromatic rings. The molecule has 18 heavy (non-hydrogen) atoms. The van der Waals surface area contributed by atoms with E-state index in [4.69, 9.17) is 5.73 Å². The third-order valence-electron chi connectivity index (χ3n) is 3.54. The fourth-order valence-corrected chi connectivity index (χ4v) is 2.41. The van der Waals surface area contributed by atoms with E-state index in [9.17, 15) is 4.79 Å². The molecule has 1 aliphatic rings. The predicted octanol–water partition coefficient (Wildman–Crippen LogP) is 1.82. The second kappa shape index (κ2) is 5.40. The molecule has 3 N–H and O–H groups in total. The quantitative estimate of drug-likeness (QED) is 0.856. The van der Waals surface area contributed by atoms with Crippen molar-refractivity contribution in [2.45, 2.75) is 25.3 Å². The zero-order valence-electron chi connectivity index (χ0n) is 11.0. The normalized spacial score (nSPS) is 22.8. The van der Waals surface area contributed by atoms with Crippen molar-refractivity contribution in [3.63, 3.8) is 0 Å². The molecule has 1 aromatic carbocycles. The lowest BCUT2D eigenvalue weighted by molar-refractivity contribution is -0.120. The van der Waals surface area contributed by atoms with Crippen LogP contribution in [0.2, 0.25) is 0 Å². The highest BCUT2D eigenvalue weighted by molar-refractivity contribution is 5.93. The zero-order valence-corrected chi connectivity index (χ0v) is 11.0. The molecule has 1 aliphatic carbocycles. The summed E-state index contributed by atoms with van der Waals surface area (Å²) in [7, 11) is 3.96. The van der Waals surface area contributed by atoms with Crippen LogP contribution in [0.1, 0.15) is 19.3 Å². The van der Waals surface area contributed by atoms with Crippen molar-refractivity contribution in [3.05, 3.63) is 24.3 Å². The van der Waals surface area contributed by atoms with Gasteiger partial charge in [-0.25, -0.2) is 0 Å². The van der Waals surface area contributed by atoms with E-state index in [2.05, 4.69) is 5.32 Å². The number of anilines is 2. The van der Waals surface area contributed by atoms with Crippen LogP contribution in [0.15, 0.2) is 24.3 Å². The summed E-state index contributed by atoms with van der Waals surface area (Å²) in [4.78, 5) is 14.1. The average Bonchev–Trinajstić information content (AvgIpc) is 2.76. The molecule has 0 bridgehead atoms. The van der Waals surface area contributed by atoms with E-state index < -0.39 is 0 Å². The summed E-state index contributed by atoms with van der Waals surface area (Å²) in [5.74, 6) is 0.0175. The van der Waals surface area contributed by atoms with Gasteiger partial charge < -0.3 is 16.0 Å². The van der Waals surface area contributed by atoms with Crippen LogP contribution in [-0.2, 0) is 4.79 Å².